The first-order chi connectivity index (χ1) is 11.7. The number of carboxylic acids is 1. The number of nitrogens with one attached hydrogen (secondary N) is 1. The van der Waals surface area contributed by atoms with Crippen molar-refractivity contribution in [1.29, 1.82) is 0 Å². The lowest BCUT2D eigenvalue weighted by atomic mass is 10.1. The third-order valence-electron chi connectivity index (χ3n) is 3.49. The van der Waals surface area contributed by atoms with Crippen LogP contribution in [0.15, 0.2) is 29.2 Å². The van der Waals surface area contributed by atoms with Gasteiger partial charge in [0.2, 0.25) is 10.0 Å². The van der Waals surface area contributed by atoms with E-state index in [9.17, 15) is 18.0 Å². The lowest BCUT2D eigenvalue weighted by Crippen LogP contribution is -2.44. The second-order valence-corrected chi connectivity index (χ2v) is 8.51. The van der Waals surface area contributed by atoms with Crippen LogP contribution < -0.4 is 4.72 Å². The average Bonchev–Trinajstić information content (AvgIpc) is 2.95. The molecule has 2 rings (SSSR count). The first-order valence-corrected chi connectivity index (χ1v) is 9.91. The quantitative estimate of drug-likeness (QED) is 0.709. The van der Waals surface area contributed by atoms with Crippen molar-refractivity contribution >= 4 is 43.4 Å². The van der Waals surface area contributed by atoms with Gasteiger partial charge in [-0.05, 0) is 42.5 Å². The Morgan fingerprint density at radius 3 is 2.52 bits per heavy atom. The molecule has 2 N–H and O–H groups in total. The largest absolute Gasteiger partial charge is 0.480 e. The van der Waals surface area contributed by atoms with Crippen LogP contribution in [0.3, 0.4) is 0 Å². The van der Waals surface area contributed by atoms with Crippen LogP contribution in [-0.4, -0.2) is 38.1 Å². The van der Waals surface area contributed by atoms with Gasteiger partial charge >= 0.3 is 11.9 Å². The fraction of sp³-hybridized carbons (Fsp3) is 0.375. The maximum atomic E-state index is 12.5. The van der Waals surface area contributed by atoms with Crippen molar-refractivity contribution in [2.24, 2.45) is 5.92 Å². The van der Waals surface area contributed by atoms with Crippen LogP contribution in [0.25, 0.3) is 10.1 Å². The van der Waals surface area contributed by atoms with E-state index < -0.39 is 33.9 Å². The minimum atomic E-state index is -4.00. The molecule has 0 spiro atoms. The van der Waals surface area contributed by atoms with E-state index >= 15 is 0 Å². The Labute approximate surface area is 149 Å². The molecular formula is C16H19NO6S2. The predicted octanol–water partition coefficient (Wildman–Crippen LogP) is 2.47. The molecule has 0 aliphatic rings. The van der Waals surface area contributed by atoms with Crippen molar-refractivity contribution in [3.8, 4) is 0 Å². The number of ether oxygens (including phenoxy) is 1. The number of carbonyl (C=O) groups is 2. The van der Waals surface area contributed by atoms with Crippen molar-refractivity contribution in [1.82, 2.24) is 4.72 Å². The molecule has 0 amide bonds. The number of hydrogen-bond acceptors (Lipinski definition) is 6. The number of aliphatic carboxylic acids is 1. The molecule has 1 atom stereocenters. The Balaban J connectivity index is 2.37. The summed E-state index contributed by atoms with van der Waals surface area (Å²) in [5.74, 6) is -2.11. The summed E-state index contributed by atoms with van der Waals surface area (Å²) in [7, 11) is -4.00. The molecule has 0 saturated carbocycles. The maximum absolute atomic E-state index is 12.5. The standard InChI is InChI=1S/C16H19NO6S2/c1-4-23-16(20)13-8-10-7-11(5-6-12(10)24-13)25(21,22)17-14(9(2)3)15(18)19/h5-9,14,17H,4H2,1-3H3,(H,18,19)/t14-/m1/s1. The molecule has 1 heterocycles. The van der Waals surface area contributed by atoms with Crippen LogP contribution in [0.2, 0.25) is 0 Å². The van der Waals surface area contributed by atoms with E-state index in [-0.39, 0.29) is 11.5 Å². The lowest BCUT2D eigenvalue weighted by molar-refractivity contribution is -0.140. The van der Waals surface area contributed by atoms with E-state index in [4.69, 9.17) is 9.84 Å². The summed E-state index contributed by atoms with van der Waals surface area (Å²) in [5.41, 5.74) is 0. The van der Waals surface area contributed by atoms with Crippen molar-refractivity contribution in [3.05, 3.63) is 29.1 Å². The summed E-state index contributed by atoms with van der Waals surface area (Å²) in [6, 6.07) is 4.72. The molecule has 136 valence electrons. The van der Waals surface area contributed by atoms with Crippen molar-refractivity contribution in [2.45, 2.75) is 31.7 Å². The molecule has 0 unspecified atom stereocenters. The van der Waals surface area contributed by atoms with Crippen LogP contribution in [-0.2, 0) is 19.6 Å². The molecule has 7 nitrogen and oxygen atoms in total. The van der Waals surface area contributed by atoms with Crippen molar-refractivity contribution < 1.29 is 27.9 Å². The van der Waals surface area contributed by atoms with Crippen molar-refractivity contribution in [3.63, 3.8) is 0 Å². The summed E-state index contributed by atoms with van der Waals surface area (Å²) >= 11 is 1.20. The first-order valence-electron chi connectivity index (χ1n) is 7.61. The van der Waals surface area contributed by atoms with Gasteiger partial charge in [-0.1, -0.05) is 13.8 Å². The van der Waals surface area contributed by atoms with E-state index in [1.165, 1.54) is 23.5 Å². The summed E-state index contributed by atoms with van der Waals surface area (Å²) in [6.45, 7) is 5.20. The summed E-state index contributed by atoms with van der Waals surface area (Å²) in [6.07, 6.45) is 0. The van der Waals surface area contributed by atoms with E-state index in [1.54, 1.807) is 32.9 Å². The average molecular weight is 385 g/mol. The van der Waals surface area contributed by atoms with Gasteiger partial charge in [-0.15, -0.1) is 11.3 Å². The van der Waals surface area contributed by atoms with E-state index in [2.05, 4.69) is 4.72 Å². The zero-order valence-corrected chi connectivity index (χ0v) is 15.6. The van der Waals surface area contributed by atoms with Crippen LogP contribution in [0.5, 0.6) is 0 Å². The minimum absolute atomic E-state index is 0.0555. The van der Waals surface area contributed by atoms with Crippen LogP contribution in [0, 0.1) is 5.92 Å². The minimum Gasteiger partial charge on any atom is -0.480 e. The number of thiophene rings is 1. The van der Waals surface area contributed by atoms with Gasteiger partial charge in [0, 0.05) is 4.70 Å². The molecule has 0 radical (unpaired) electrons. The second-order valence-electron chi connectivity index (χ2n) is 5.71. The molecule has 0 bridgehead atoms. The highest BCUT2D eigenvalue weighted by Crippen LogP contribution is 2.28. The molecule has 25 heavy (non-hydrogen) atoms. The van der Waals surface area contributed by atoms with E-state index in [1.807, 2.05) is 0 Å². The molecule has 0 saturated heterocycles. The number of rotatable bonds is 7. The first kappa shape index (κ1) is 19.4. The molecule has 0 aliphatic heterocycles. The topological polar surface area (TPSA) is 110 Å². The SMILES string of the molecule is CCOC(=O)c1cc2cc(S(=O)(=O)N[C@@H](C(=O)O)C(C)C)ccc2s1. The zero-order chi connectivity index (χ0) is 18.8. The number of sulfonamides is 1. The highest BCUT2D eigenvalue weighted by Gasteiger charge is 2.28. The Morgan fingerprint density at radius 1 is 1.28 bits per heavy atom. The Hall–Kier alpha value is -1.97. The Morgan fingerprint density at radius 2 is 1.96 bits per heavy atom. The summed E-state index contributed by atoms with van der Waals surface area (Å²) < 4.78 is 32.8. The van der Waals surface area contributed by atoms with Crippen LogP contribution in [0.4, 0.5) is 0 Å². The molecule has 0 fully saturated rings. The van der Waals surface area contributed by atoms with Gasteiger partial charge in [0.1, 0.15) is 10.9 Å². The smallest absolute Gasteiger partial charge is 0.348 e. The van der Waals surface area contributed by atoms with Crippen LogP contribution in [0.1, 0.15) is 30.4 Å². The molecule has 1 aromatic heterocycles. The van der Waals surface area contributed by atoms with Gasteiger partial charge in [-0.25, -0.2) is 13.2 Å². The maximum Gasteiger partial charge on any atom is 0.348 e. The van der Waals surface area contributed by atoms with Crippen LogP contribution >= 0.6 is 11.3 Å². The highest BCUT2D eigenvalue weighted by molar-refractivity contribution is 7.89. The number of esters is 1. The molecular weight excluding hydrogens is 366 g/mol. The molecule has 2 aromatic rings. The predicted molar refractivity (Wildman–Crippen MR) is 94.4 cm³/mol. The zero-order valence-electron chi connectivity index (χ0n) is 14.0. The van der Waals surface area contributed by atoms with Gasteiger partial charge < -0.3 is 9.84 Å². The number of benzene rings is 1. The van der Waals surface area contributed by atoms with Crippen molar-refractivity contribution in [2.75, 3.05) is 6.61 Å². The third kappa shape index (κ3) is 4.36. The normalized spacial score (nSPS) is 13.1. The number of carbonyl (C=O) groups excluding carboxylic acids is 1. The number of fused-ring (bicyclic) bond motifs is 1. The molecule has 0 aliphatic carbocycles. The fourth-order valence-electron chi connectivity index (χ4n) is 2.20. The highest BCUT2D eigenvalue weighted by atomic mass is 32.2. The Kier molecular flexibility index (Phi) is 5.81. The van der Waals surface area contributed by atoms with Gasteiger partial charge in [0.05, 0.1) is 11.5 Å². The van der Waals surface area contributed by atoms with Gasteiger partial charge in [0.15, 0.2) is 0 Å². The number of carboxylic acid groups (broad SMARTS) is 1. The van der Waals surface area contributed by atoms with E-state index in [0.29, 0.717) is 10.3 Å². The molecule has 1 aromatic carbocycles. The Bertz CT molecular complexity index is 900. The lowest BCUT2D eigenvalue weighted by Gasteiger charge is -2.18. The monoisotopic (exact) mass is 385 g/mol. The summed E-state index contributed by atoms with van der Waals surface area (Å²) in [4.78, 5) is 23.3. The van der Waals surface area contributed by atoms with Gasteiger partial charge in [0.25, 0.3) is 0 Å². The summed E-state index contributed by atoms with van der Waals surface area (Å²) in [5, 5.41) is 9.74. The number of hydrogen-bond donors (Lipinski definition) is 2. The van der Waals surface area contributed by atoms with Gasteiger partial charge in [-0.2, -0.15) is 4.72 Å². The van der Waals surface area contributed by atoms with E-state index in [0.717, 1.165) is 4.70 Å². The molecule has 9 heteroatoms. The third-order valence-corrected chi connectivity index (χ3v) is 6.02. The fourth-order valence-corrected chi connectivity index (χ4v) is 4.51. The second kappa shape index (κ2) is 7.51. The van der Waals surface area contributed by atoms with Gasteiger partial charge in [-0.3, -0.25) is 4.79 Å².